The van der Waals surface area contributed by atoms with Gasteiger partial charge in [0.15, 0.2) is 0 Å². The third kappa shape index (κ3) is 4.36. The molecule has 0 saturated carbocycles. The summed E-state index contributed by atoms with van der Waals surface area (Å²) in [5.74, 6) is 0. The van der Waals surface area contributed by atoms with Crippen LogP contribution in [-0.4, -0.2) is 6.54 Å². The Morgan fingerprint density at radius 3 is 2.40 bits per heavy atom. The molecule has 0 aromatic heterocycles. The highest BCUT2D eigenvalue weighted by atomic mass is 35.5. The number of rotatable bonds is 7. The molecule has 1 atom stereocenters. The van der Waals surface area contributed by atoms with Gasteiger partial charge in [0, 0.05) is 11.1 Å². The summed E-state index contributed by atoms with van der Waals surface area (Å²) in [4.78, 5) is 0. The first-order valence-electron chi connectivity index (χ1n) is 7.33. The molecule has 20 heavy (non-hydrogen) atoms. The first-order valence-corrected chi connectivity index (χ1v) is 7.70. The van der Waals surface area contributed by atoms with Gasteiger partial charge in [0.2, 0.25) is 0 Å². The van der Waals surface area contributed by atoms with Crippen molar-refractivity contribution >= 4 is 11.6 Å². The van der Waals surface area contributed by atoms with Crippen LogP contribution in [0.3, 0.4) is 0 Å². The number of hydrogen-bond acceptors (Lipinski definition) is 1. The summed E-state index contributed by atoms with van der Waals surface area (Å²) >= 11 is 6.34. The van der Waals surface area contributed by atoms with Crippen LogP contribution in [0, 0.1) is 0 Å². The van der Waals surface area contributed by atoms with Crippen molar-refractivity contribution in [3.8, 4) is 0 Å². The van der Waals surface area contributed by atoms with Gasteiger partial charge in [-0.2, -0.15) is 0 Å². The van der Waals surface area contributed by atoms with Crippen LogP contribution in [0.15, 0.2) is 54.6 Å². The summed E-state index contributed by atoms with van der Waals surface area (Å²) in [5.41, 5.74) is 2.58. The first-order chi connectivity index (χ1) is 9.81. The maximum absolute atomic E-state index is 6.34. The van der Waals surface area contributed by atoms with Crippen molar-refractivity contribution < 1.29 is 0 Å². The van der Waals surface area contributed by atoms with Crippen LogP contribution in [-0.2, 0) is 6.42 Å². The Labute approximate surface area is 127 Å². The van der Waals surface area contributed by atoms with E-state index in [-0.39, 0.29) is 0 Å². The number of nitrogens with one attached hydrogen (secondary N) is 1. The summed E-state index contributed by atoms with van der Waals surface area (Å²) in [6.45, 7) is 3.21. The molecule has 0 aliphatic carbocycles. The predicted octanol–water partition coefficient (Wildman–Crippen LogP) is 5.01. The number of aryl methyl sites for hydroxylation is 1. The Morgan fingerprint density at radius 2 is 1.70 bits per heavy atom. The fraction of sp³-hybridized carbons (Fsp3) is 0.333. The summed E-state index contributed by atoms with van der Waals surface area (Å²) in [5, 5.41) is 4.47. The fourth-order valence-corrected chi connectivity index (χ4v) is 2.67. The molecule has 106 valence electrons. The van der Waals surface area contributed by atoms with E-state index in [0.717, 1.165) is 30.8 Å². The van der Waals surface area contributed by atoms with Gasteiger partial charge < -0.3 is 5.32 Å². The van der Waals surface area contributed by atoms with Crippen LogP contribution in [0.4, 0.5) is 0 Å². The second kappa shape index (κ2) is 8.08. The highest BCUT2D eigenvalue weighted by Gasteiger charge is 2.13. The molecule has 0 bridgehead atoms. The van der Waals surface area contributed by atoms with Gasteiger partial charge in [-0.15, -0.1) is 0 Å². The van der Waals surface area contributed by atoms with Crippen LogP contribution >= 0.6 is 11.6 Å². The van der Waals surface area contributed by atoms with Crippen LogP contribution < -0.4 is 5.32 Å². The lowest BCUT2D eigenvalue weighted by molar-refractivity contribution is 0.499. The summed E-state index contributed by atoms with van der Waals surface area (Å²) in [7, 11) is 0. The number of halogens is 1. The molecular formula is C18H22ClN. The summed E-state index contributed by atoms with van der Waals surface area (Å²) in [6.07, 6.45) is 3.26. The molecule has 0 spiro atoms. The van der Waals surface area contributed by atoms with Crippen LogP contribution in [0.5, 0.6) is 0 Å². The molecule has 2 aromatic carbocycles. The van der Waals surface area contributed by atoms with Crippen molar-refractivity contribution in [2.75, 3.05) is 6.54 Å². The predicted molar refractivity (Wildman–Crippen MR) is 87.2 cm³/mol. The largest absolute Gasteiger partial charge is 0.310 e. The molecule has 0 saturated heterocycles. The maximum atomic E-state index is 6.34. The molecule has 0 heterocycles. The van der Waals surface area contributed by atoms with Crippen LogP contribution in [0.25, 0.3) is 0 Å². The quantitative estimate of drug-likeness (QED) is 0.754. The molecule has 1 unspecified atom stereocenters. The average Bonchev–Trinajstić information content (AvgIpc) is 2.49. The Bertz CT molecular complexity index is 510. The molecule has 0 aliphatic rings. The molecule has 0 radical (unpaired) electrons. The van der Waals surface area contributed by atoms with Crippen LogP contribution in [0.1, 0.15) is 36.9 Å². The lowest BCUT2D eigenvalue weighted by Gasteiger charge is -2.20. The van der Waals surface area contributed by atoms with E-state index in [1.54, 1.807) is 0 Å². The molecule has 0 aliphatic heterocycles. The van der Waals surface area contributed by atoms with E-state index >= 15 is 0 Å². The minimum Gasteiger partial charge on any atom is -0.310 e. The van der Waals surface area contributed by atoms with Crippen molar-refractivity contribution in [3.05, 3.63) is 70.7 Å². The van der Waals surface area contributed by atoms with Gasteiger partial charge in [-0.3, -0.25) is 0 Å². The van der Waals surface area contributed by atoms with E-state index < -0.39 is 0 Å². The zero-order chi connectivity index (χ0) is 14.2. The third-order valence-corrected chi connectivity index (χ3v) is 3.83. The Kier molecular flexibility index (Phi) is 6.10. The van der Waals surface area contributed by atoms with Gasteiger partial charge in [0.05, 0.1) is 0 Å². The first kappa shape index (κ1) is 15.1. The van der Waals surface area contributed by atoms with E-state index in [1.807, 2.05) is 12.1 Å². The summed E-state index contributed by atoms with van der Waals surface area (Å²) in [6, 6.07) is 19.1. The van der Waals surface area contributed by atoms with Crippen molar-refractivity contribution in [2.45, 2.75) is 32.2 Å². The molecular weight excluding hydrogens is 266 g/mol. The van der Waals surface area contributed by atoms with E-state index in [4.69, 9.17) is 11.6 Å². The molecule has 0 amide bonds. The van der Waals surface area contributed by atoms with Gasteiger partial charge in [-0.25, -0.2) is 0 Å². The molecule has 1 N–H and O–H groups in total. The SMILES string of the molecule is CCCNC(CCc1ccccc1)c1ccccc1Cl. The van der Waals surface area contributed by atoms with Gasteiger partial charge >= 0.3 is 0 Å². The van der Waals surface area contributed by atoms with Crippen molar-refractivity contribution in [1.29, 1.82) is 0 Å². The topological polar surface area (TPSA) is 12.0 Å². The minimum atomic E-state index is 0.323. The standard InChI is InChI=1S/C18H22ClN/c1-2-14-20-18(16-10-6-7-11-17(16)19)13-12-15-8-4-3-5-9-15/h3-11,18,20H,2,12-14H2,1H3. The van der Waals surface area contributed by atoms with Gasteiger partial charge in [0.25, 0.3) is 0 Å². The van der Waals surface area contributed by atoms with E-state index in [0.29, 0.717) is 6.04 Å². The number of hydrogen-bond donors (Lipinski definition) is 1. The average molecular weight is 288 g/mol. The monoisotopic (exact) mass is 287 g/mol. The molecule has 1 nitrogen and oxygen atoms in total. The molecule has 0 fully saturated rings. The van der Waals surface area contributed by atoms with Gasteiger partial charge in [-0.1, -0.05) is 67.1 Å². The van der Waals surface area contributed by atoms with Crippen LogP contribution in [0.2, 0.25) is 5.02 Å². The summed E-state index contributed by atoms with van der Waals surface area (Å²) < 4.78 is 0. The van der Waals surface area contributed by atoms with Crippen molar-refractivity contribution in [1.82, 2.24) is 5.32 Å². The van der Waals surface area contributed by atoms with Gasteiger partial charge in [-0.05, 0) is 43.0 Å². The van der Waals surface area contributed by atoms with E-state index in [9.17, 15) is 0 Å². The van der Waals surface area contributed by atoms with E-state index in [2.05, 4.69) is 54.7 Å². The minimum absolute atomic E-state index is 0.323. The Morgan fingerprint density at radius 1 is 1.00 bits per heavy atom. The van der Waals surface area contributed by atoms with E-state index in [1.165, 1.54) is 11.1 Å². The second-order valence-electron chi connectivity index (χ2n) is 5.05. The normalized spacial score (nSPS) is 12.3. The zero-order valence-electron chi connectivity index (χ0n) is 12.0. The van der Waals surface area contributed by atoms with Gasteiger partial charge in [0.1, 0.15) is 0 Å². The molecule has 2 heteroatoms. The molecule has 2 aromatic rings. The highest BCUT2D eigenvalue weighted by molar-refractivity contribution is 6.31. The Balaban J connectivity index is 2.06. The smallest absolute Gasteiger partial charge is 0.0453 e. The molecule has 2 rings (SSSR count). The zero-order valence-corrected chi connectivity index (χ0v) is 12.7. The maximum Gasteiger partial charge on any atom is 0.0453 e. The highest BCUT2D eigenvalue weighted by Crippen LogP contribution is 2.26. The van der Waals surface area contributed by atoms with Crippen molar-refractivity contribution in [3.63, 3.8) is 0 Å². The Hall–Kier alpha value is -1.31. The lowest BCUT2D eigenvalue weighted by Crippen LogP contribution is -2.23. The van der Waals surface area contributed by atoms with Crippen molar-refractivity contribution in [2.24, 2.45) is 0 Å². The second-order valence-corrected chi connectivity index (χ2v) is 5.46. The third-order valence-electron chi connectivity index (χ3n) is 3.49. The number of benzene rings is 2. The lowest BCUT2D eigenvalue weighted by atomic mass is 9.98. The fourth-order valence-electron chi connectivity index (χ4n) is 2.40.